The number of amides is 1. The fourth-order valence-corrected chi connectivity index (χ4v) is 1.14. The Morgan fingerprint density at radius 1 is 1.47 bits per heavy atom. The first-order valence-electron chi connectivity index (χ1n) is 5.06. The van der Waals surface area contributed by atoms with Gasteiger partial charge < -0.3 is 19.6 Å². The summed E-state index contributed by atoms with van der Waals surface area (Å²) < 4.78 is 9.78. The van der Waals surface area contributed by atoms with Gasteiger partial charge in [-0.3, -0.25) is 0 Å². The standard InChI is InChI=1S/C11H15NO5/c1-11(2,3)17-10(15)12-6-7-4-5-16-8(7)9(13)14/h4-5H,6H2,1-3H3,(H,12,15)(H,13,14). The van der Waals surface area contributed by atoms with E-state index in [1.54, 1.807) is 20.8 Å². The average Bonchev–Trinajstić information content (AvgIpc) is 2.59. The molecular formula is C11H15NO5. The topological polar surface area (TPSA) is 88.8 Å². The maximum absolute atomic E-state index is 11.3. The third-order valence-corrected chi connectivity index (χ3v) is 1.76. The lowest BCUT2D eigenvalue weighted by Gasteiger charge is -2.19. The monoisotopic (exact) mass is 241 g/mol. The highest BCUT2D eigenvalue weighted by Crippen LogP contribution is 2.11. The first-order valence-corrected chi connectivity index (χ1v) is 5.06. The van der Waals surface area contributed by atoms with E-state index < -0.39 is 17.7 Å². The maximum atomic E-state index is 11.3. The molecule has 0 bridgehead atoms. The minimum absolute atomic E-state index is 0.0487. The molecule has 6 nitrogen and oxygen atoms in total. The lowest BCUT2D eigenvalue weighted by atomic mass is 10.2. The average molecular weight is 241 g/mol. The van der Waals surface area contributed by atoms with Crippen LogP contribution in [-0.4, -0.2) is 22.8 Å². The van der Waals surface area contributed by atoms with Crippen LogP contribution in [0, 0.1) is 0 Å². The zero-order valence-electron chi connectivity index (χ0n) is 9.94. The first-order chi connectivity index (χ1) is 7.79. The van der Waals surface area contributed by atoms with E-state index in [0.29, 0.717) is 5.56 Å². The van der Waals surface area contributed by atoms with Crippen LogP contribution in [0.4, 0.5) is 4.79 Å². The third-order valence-electron chi connectivity index (χ3n) is 1.76. The van der Waals surface area contributed by atoms with E-state index in [1.807, 2.05) is 0 Å². The van der Waals surface area contributed by atoms with E-state index in [4.69, 9.17) is 14.3 Å². The summed E-state index contributed by atoms with van der Waals surface area (Å²) in [6.45, 7) is 5.28. The molecule has 0 spiro atoms. The van der Waals surface area contributed by atoms with E-state index in [1.165, 1.54) is 12.3 Å². The van der Waals surface area contributed by atoms with Crippen molar-refractivity contribution in [3.8, 4) is 0 Å². The number of furan rings is 1. The molecule has 1 rings (SSSR count). The van der Waals surface area contributed by atoms with Gasteiger partial charge in [-0.1, -0.05) is 0 Å². The van der Waals surface area contributed by atoms with Crippen LogP contribution >= 0.6 is 0 Å². The number of carboxylic acid groups (broad SMARTS) is 1. The summed E-state index contributed by atoms with van der Waals surface area (Å²) in [4.78, 5) is 22.0. The van der Waals surface area contributed by atoms with Crippen LogP contribution in [0.2, 0.25) is 0 Å². The van der Waals surface area contributed by atoms with Crippen LogP contribution in [0.15, 0.2) is 16.7 Å². The number of hydrogen-bond acceptors (Lipinski definition) is 4. The van der Waals surface area contributed by atoms with Gasteiger partial charge >= 0.3 is 12.1 Å². The number of carbonyl (C=O) groups excluding carboxylic acids is 1. The summed E-state index contributed by atoms with van der Waals surface area (Å²) in [6, 6.07) is 1.49. The molecule has 0 radical (unpaired) electrons. The Morgan fingerprint density at radius 3 is 2.65 bits per heavy atom. The molecule has 1 aromatic heterocycles. The minimum Gasteiger partial charge on any atom is -0.475 e. The Labute approximate surface area is 98.6 Å². The van der Waals surface area contributed by atoms with Gasteiger partial charge in [0.2, 0.25) is 5.76 Å². The van der Waals surface area contributed by atoms with E-state index in [0.717, 1.165) is 0 Å². The quantitative estimate of drug-likeness (QED) is 0.844. The lowest BCUT2D eigenvalue weighted by Crippen LogP contribution is -2.32. The first kappa shape index (κ1) is 13.1. The largest absolute Gasteiger partial charge is 0.475 e. The number of carboxylic acids is 1. The normalized spacial score (nSPS) is 11.0. The molecule has 1 amide bonds. The van der Waals surface area contributed by atoms with E-state index in [2.05, 4.69) is 5.32 Å². The molecule has 17 heavy (non-hydrogen) atoms. The van der Waals surface area contributed by atoms with Crippen LogP contribution < -0.4 is 5.32 Å². The Bertz CT molecular complexity index is 416. The zero-order valence-corrected chi connectivity index (χ0v) is 9.94. The predicted molar refractivity (Wildman–Crippen MR) is 58.7 cm³/mol. The zero-order chi connectivity index (χ0) is 13.1. The van der Waals surface area contributed by atoms with Crippen molar-refractivity contribution in [2.45, 2.75) is 32.9 Å². The Morgan fingerprint density at radius 2 is 2.12 bits per heavy atom. The van der Waals surface area contributed by atoms with Gasteiger partial charge in [0.1, 0.15) is 5.60 Å². The second-order valence-electron chi connectivity index (χ2n) is 4.44. The summed E-state index contributed by atoms with van der Waals surface area (Å²) in [5.41, 5.74) is -0.195. The number of alkyl carbamates (subject to hydrolysis) is 1. The predicted octanol–water partition coefficient (Wildman–Crippen LogP) is 2.00. The van der Waals surface area contributed by atoms with Crippen molar-refractivity contribution in [3.63, 3.8) is 0 Å². The van der Waals surface area contributed by atoms with Gasteiger partial charge in [-0.15, -0.1) is 0 Å². The van der Waals surface area contributed by atoms with Crippen molar-refractivity contribution in [2.75, 3.05) is 0 Å². The minimum atomic E-state index is -1.17. The molecule has 0 aliphatic carbocycles. The highest BCUT2D eigenvalue weighted by Gasteiger charge is 2.18. The van der Waals surface area contributed by atoms with Crippen LogP contribution in [-0.2, 0) is 11.3 Å². The van der Waals surface area contributed by atoms with Gasteiger partial charge in [-0.2, -0.15) is 0 Å². The molecule has 0 unspecified atom stereocenters. The molecule has 94 valence electrons. The second kappa shape index (κ2) is 4.90. The SMILES string of the molecule is CC(C)(C)OC(=O)NCc1ccoc1C(=O)O. The summed E-state index contributed by atoms with van der Waals surface area (Å²) in [7, 11) is 0. The molecule has 6 heteroatoms. The van der Waals surface area contributed by atoms with Crippen LogP contribution in [0.25, 0.3) is 0 Å². The van der Waals surface area contributed by atoms with Crippen LogP contribution in [0.5, 0.6) is 0 Å². The van der Waals surface area contributed by atoms with Gasteiger partial charge in [0.05, 0.1) is 12.8 Å². The molecule has 0 aliphatic rings. The van der Waals surface area contributed by atoms with Crippen molar-refractivity contribution in [1.29, 1.82) is 0 Å². The van der Waals surface area contributed by atoms with Gasteiger partial charge in [0.25, 0.3) is 0 Å². The lowest BCUT2D eigenvalue weighted by molar-refractivity contribution is 0.0519. The van der Waals surface area contributed by atoms with Crippen LogP contribution in [0.1, 0.15) is 36.9 Å². The van der Waals surface area contributed by atoms with E-state index in [-0.39, 0.29) is 12.3 Å². The van der Waals surface area contributed by atoms with Crippen LogP contribution in [0.3, 0.4) is 0 Å². The summed E-state index contributed by atoms with van der Waals surface area (Å²) in [6.07, 6.45) is 0.658. The number of hydrogen-bond donors (Lipinski definition) is 2. The smallest absolute Gasteiger partial charge is 0.407 e. The van der Waals surface area contributed by atoms with Gasteiger partial charge in [0, 0.05) is 5.56 Å². The maximum Gasteiger partial charge on any atom is 0.407 e. The molecular weight excluding hydrogens is 226 g/mol. The van der Waals surface area contributed by atoms with Gasteiger partial charge in [-0.25, -0.2) is 9.59 Å². The molecule has 0 fully saturated rings. The van der Waals surface area contributed by atoms with E-state index in [9.17, 15) is 9.59 Å². The van der Waals surface area contributed by atoms with Gasteiger partial charge in [-0.05, 0) is 26.8 Å². The Hall–Kier alpha value is -1.98. The van der Waals surface area contributed by atoms with Crippen molar-refractivity contribution in [3.05, 3.63) is 23.7 Å². The molecule has 0 saturated carbocycles. The summed E-state index contributed by atoms with van der Waals surface area (Å²) in [5.74, 6) is -1.35. The van der Waals surface area contributed by atoms with Crippen molar-refractivity contribution < 1.29 is 23.8 Å². The molecule has 0 aromatic carbocycles. The highest BCUT2D eigenvalue weighted by atomic mass is 16.6. The summed E-state index contributed by atoms with van der Waals surface area (Å²) >= 11 is 0. The Balaban J connectivity index is 2.53. The third kappa shape index (κ3) is 4.18. The number of carbonyl (C=O) groups is 2. The fourth-order valence-electron chi connectivity index (χ4n) is 1.14. The molecule has 1 aromatic rings. The van der Waals surface area contributed by atoms with E-state index >= 15 is 0 Å². The fraction of sp³-hybridized carbons (Fsp3) is 0.455. The summed E-state index contributed by atoms with van der Waals surface area (Å²) in [5, 5.41) is 11.2. The van der Waals surface area contributed by atoms with Crippen molar-refractivity contribution >= 4 is 12.1 Å². The number of aromatic carboxylic acids is 1. The van der Waals surface area contributed by atoms with Gasteiger partial charge in [0.15, 0.2) is 0 Å². The second-order valence-corrected chi connectivity index (χ2v) is 4.44. The number of nitrogens with one attached hydrogen (secondary N) is 1. The van der Waals surface area contributed by atoms with Crippen molar-refractivity contribution in [2.24, 2.45) is 0 Å². The Kier molecular flexibility index (Phi) is 3.77. The molecule has 0 aliphatic heterocycles. The molecule has 1 heterocycles. The molecule has 0 saturated heterocycles. The van der Waals surface area contributed by atoms with Crippen molar-refractivity contribution in [1.82, 2.24) is 5.32 Å². The highest BCUT2D eigenvalue weighted by molar-refractivity contribution is 5.86. The number of ether oxygens (including phenoxy) is 1. The molecule has 2 N–H and O–H groups in total. The number of rotatable bonds is 3. The molecule has 0 atom stereocenters.